The molecule has 2 aromatic rings. The molecule has 162 valence electrons. The molecule has 1 amide bonds. The molecule has 0 aliphatic carbocycles. The van der Waals surface area contributed by atoms with Crippen molar-refractivity contribution >= 4 is 44.8 Å². The number of nitrogens with zero attached hydrogens (tertiary/aromatic N) is 1. The zero-order valence-electron chi connectivity index (χ0n) is 16.6. The summed E-state index contributed by atoms with van der Waals surface area (Å²) in [4.78, 5) is 14.7. The van der Waals surface area contributed by atoms with Crippen LogP contribution in [0.3, 0.4) is 0 Å². The number of carbonyl (C=O) groups excluding carboxylic acids is 1. The molecule has 1 heterocycles. The Labute approximate surface area is 187 Å². The lowest BCUT2D eigenvalue weighted by Gasteiger charge is -2.32. The fourth-order valence-corrected chi connectivity index (χ4v) is 4.74. The highest BCUT2D eigenvalue weighted by atomic mass is 35.5. The van der Waals surface area contributed by atoms with Crippen LogP contribution in [0, 0.1) is 0 Å². The largest absolute Gasteiger partial charge is 0.376 e. The molecule has 9 heteroatoms. The highest BCUT2D eigenvalue weighted by Crippen LogP contribution is 2.26. The Morgan fingerprint density at radius 3 is 2.73 bits per heavy atom. The molecule has 0 spiro atoms. The van der Waals surface area contributed by atoms with Gasteiger partial charge < -0.3 is 9.64 Å². The summed E-state index contributed by atoms with van der Waals surface area (Å²) in [6, 6.07) is 10.5. The molecule has 3 rings (SSSR count). The molecule has 6 nitrogen and oxygen atoms in total. The molecule has 1 atom stereocenters. The maximum absolute atomic E-state index is 13.0. The van der Waals surface area contributed by atoms with Crippen LogP contribution in [0.1, 0.15) is 36.5 Å². The molecular formula is C21H24Cl2N2O4S. The summed E-state index contributed by atoms with van der Waals surface area (Å²) in [6.45, 7) is 3.93. The molecule has 0 saturated carbocycles. The molecule has 1 saturated heterocycles. The Morgan fingerprint density at radius 2 is 2.00 bits per heavy atom. The highest BCUT2D eigenvalue weighted by Gasteiger charge is 2.25. The van der Waals surface area contributed by atoms with Gasteiger partial charge in [-0.2, -0.15) is 0 Å². The minimum atomic E-state index is -3.88. The van der Waals surface area contributed by atoms with Gasteiger partial charge in [0.15, 0.2) is 0 Å². The average Bonchev–Trinajstić information content (AvgIpc) is 2.73. The number of benzene rings is 2. The highest BCUT2D eigenvalue weighted by molar-refractivity contribution is 7.92. The minimum Gasteiger partial charge on any atom is -0.376 e. The average molecular weight is 471 g/mol. The van der Waals surface area contributed by atoms with Crippen molar-refractivity contribution in [2.45, 2.75) is 37.2 Å². The Kier molecular flexibility index (Phi) is 7.63. The smallest absolute Gasteiger partial charge is 0.261 e. The number of halogens is 2. The number of hydrogen-bond donors (Lipinski definition) is 1. The van der Waals surface area contributed by atoms with E-state index in [1.165, 1.54) is 24.3 Å². The maximum Gasteiger partial charge on any atom is 0.261 e. The van der Waals surface area contributed by atoms with Gasteiger partial charge in [-0.25, -0.2) is 8.42 Å². The van der Waals surface area contributed by atoms with Gasteiger partial charge in [0.05, 0.1) is 21.0 Å². The van der Waals surface area contributed by atoms with Gasteiger partial charge in [-0.15, -0.1) is 0 Å². The van der Waals surface area contributed by atoms with Crippen molar-refractivity contribution < 1.29 is 17.9 Å². The van der Waals surface area contributed by atoms with E-state index in [-0.39, 0.29) is 27.0 Å². The topological polar surface area (TPSA) is 75.7 Å². The normalized spacial score (nSPS) is 17.0. The summed E-state index contributed by atoms with van der Waals surface area (Å²) in [5.41, 5.74) is 0.711. The minimum absolute atomic E-state index is 0.0134. The van der Waals surface area contributed by atoms with Crippen LogP contribution in [0.2, 0.25) is 10.0 Å². The molecule has 1 fully saturated rings. The van der Waals surface area contributed by atoms with Gasteiger partial charge in [0.2, 0.25) is 0 Å². The van der Waals surface area contributed by atoms with Crippen molar-refractivity contribution in [2.75, 3.05) is 24.4 Å². The number of sulfonamides is 1. The van der Waals surface area contributed by atoms with Crippen molar-refractivity contribution in [1.82, 2.24) is 4.90 Å². The Morgan fingerprint density at radius 1 is 1.20 bits per heavy atom. The van der Waals surface area contributed by atoms with Crippen LogP contribution in [-0.2, 0) is 14.8 Å². The maximum atomic E-state index is 13.0. The molecule has 1 unspecified atom stereocenters. The predicted molar refractivity (Wildman–Crippen MR) is 119 cm³/mol. The number of amides is 1. The van der Waals surface area contributed by atoms with Crippen LogP contribution in [0.4, 0.5) is 5.69 Å². The first-order chi connectivity index (χ1) is 14.3. The first-order valence-electron chi connectivity index (χ1n) is 9.79. The third kappa shape index (κ3) is 5.66. The van der Waals surface area contributed by atoms with E-state index in [2.05, 4.69) is 11.6 Å². The van der Waals surface area contributed by atoms with Gasteiger partial charge >= 0.3 is 0 Å². The summed E-state index contributed by atoms with van der Waals surface area (Å²) in [6.07, 6.45) is 2.79. The molecule has 30 heavy (non-hydrogen) atoms. The SMILES string of the molecule is CCCOC1CCCN(C(=O)c2cccc(NS(=O)(=O)c3ccc(Cl)c(Cl)c3)c2)C1. The molecule has 1 aliphatic rings. The summed E-state index contributed by atoms with van der Waals surface area (Å²) in [5.74, 6) is -0.143. The van der Waals surface area contributed by atoms with Gasteiger partial charge in [0.25, 0.3) is 15.9 Å². The summed E-state index contributed by atoms with van der Waals surface area (Å²) in [5, 5.41) is 0.416. The quantitative estimate of drug-likeness (QED) is 0.628. The molecule has 1 aliphatic heterocycles. The monoisotopic (exact) mass is 470 g/mol. The third-order valence-corrected chi connectivity index (χ3v) is 6.90. The van der Waals surface area contributed by atoms with E-state index in [0.717, 1.165) is 19.3 Å². The van der Waals surface area contributed by atoms with Crippen molar-refractivity contribution in [3.63, 3.8) is 0 Å². The van der Waals surface area contributed by atoms with Gasteiger partial charge in [-0.3, -0.25) is 9.52 Å². The van der Waals surface area contributed by atoms with Crippen molar-refractivity contribution in [3.8, 4) is 0 Å². The van der Waals surface area contributed by atoms with Crippen molar-refractivity contribution in [1.29, 1.82) is 0 Å². The molecular weight excluding hydrogens is 447 g/mol. The van der Waals surface area contributed by atoms with E-state index in [1.807, 2.05) is 0 Å². The van der Waals surface area contributed by atoms with Crippen molar-refractivity contribution in [2.24, 2.45) is 0 Å². The fraction of sp³-hybridized carbons (Fsp3) is 0.381. The second-order valence-electron chi connectivity index (χ2n) is 7.15. The summed E-state index contributed by atoms with van der Waals surface area (Å²) < 4.78 is 33.6. The van der Waals surface area contributed by atoms with E-state index in [0.29, 0.717) is 30.9 Å². The standard InChI is InChI=1S/C21H24Cl2N2O4S/c1-2-11-29-17-7-4-10-25(14-17)21(26)15-5-3-6-16(12-15)24-30(27,28)18-8-9-19(22)20(23)13-18/h3,5-6,8-9,12-13,17,24H,2,4,7,10-11,14H2,1H3. The van der Waals surface area contributed by atoms with Gasteiger partial charge in [0.1, 0.15) is 0 Å². The van der Waals surface area contributed by atoms with Crippen LogP contribution in [-0.4, -0.2) is 45.0 Å². The number of rotatable bonds is 7. The van der Waals surface area contributed by atoms with Gasteiger partial charge in [-0.05, 0) is 55.7 Å². The van der Waals surface area contributed by atoms with Crippen LogP contribution >= 0.6 is 23.2 Å². The lowest BCUT2D eigenvalue weighted by atomic mass is 10.1. The Bertz CT molecular complexity index is 1010. The van der Waals surface area contributed by atoms with Crippen LogP contribution in [0.25, 0.3) is 0 Å². The zero-order valence-corrected chi connectivity index (χ0v) is 18.9. The molecule has 0 aromatic heterocycles. The summed E-state index contributed by atoms with van der Waals surface area (Å²) in [7, 11) is -3.88. The van der Waals surface area contributed by atoms with Crippen LogP contribution in [0.15, 0.2) is 47.4 Å². The van der Waals surface area contributed by atoms with Gasteiger partial charge in [-0.1, -0.05) is 36.2 Å². The number of nitrogens with one attached hydrogen (secondary N) is 1. The molecule has 0 bridgehead atoms. The van der Waals surface area contributed by atoms with Crippen LogP contribution in [0.5, 0.6) is 0 Å². The second-order valence-corrected chi connectivity index (χ2v) is 9.65. The molecule has 2 aromatic carbocycles. The first kappa shape index (κ1) is 22.9. The number of piperidine rings is 1. The number of hydrogen-bond acceptors (Lipinski definition) is 4. The molecule has 1 N–H and O–H groups in total. The van der Waals surface area contributed by atoms with E-state index >= 15 is 0 Å². The van der Waals surface area contributed by atoms with Gasteiger partial charge in [0, 0.05) is 30.9 Å². The second kappa shape index (κ2) is 10.0. The lowest BCUT2D eigenvalue weighted by Crippen LogP contribution is -2.43. The zero-order chi connectivity index (χ0) is 21.7. The first-order valence-corrected chi connectivity index (χ1v) is 12.0. The number of carbonyl (C=O) groups is 1. The third-order valence-electron chi connectivity index (χ3n) is 4.79. The Hall–Kier alpha value is -1.80. The number of anilines is 1. The fourth-order valence-electron chi connectivity index (χ4n) is 3.30. The Balaban J connectivity index is 1.74. The van der Waals surface area contributed by atoms with Crippen molar-refractivity contribution in [3.05, 3.63) is 58.1 Å². The van der Waals surface area contributed by atoms with Crippen LogP contribution < -0.4 is 4.72 Å². The number of likely N-dealkylation sites (tertiary alicyclic amines) is 1. The number of ether oxygens (including phenoxy) is 1. The predicted octanol–water partition coefficient (Wildman–Crippen LogP) is 4.83. The summed E-state index contributed by atoms with van der Waals surface area (Å²) >= 11 is 11.8. The van der Waals surface area contributed by atoms with E-state index in [9.17, 15) is 13.2 Å². The molecule has 0 radical (unpaired) electrons. The van der Waals surface area contributed by atoms with E-state index in [4.69, 9.17) is 27.9 Å². The lowest BCUT2D eigenvalue weighted by molar-refractivity contribution is 0.00211. The van der Waals surface area contributed by atoms with E-state index < -0.39 is 10.0 Å². The van der Waals surface area contributed by atoms with E-state index in [1.54, 1.807) is 23.1 Å².